The molecule has 1 aromatic rings. The average Bonchev–Trinajstić information content (AvgIpc) is 2.59. The summed E-state index contributed by atoms with van der Waals surface area (Å²) in [6, 6.07) is 10.1. The van der Waals surface area contributed by atoms with Crippen molar-refractivity contribution >= 4 is 23.6 Å². The number of hydrogen-bond acceptors (Lipinski definition) is 3. The zero-order chi connectivity index (χ0) is 16.5. The first kappa shape index (κ1) is 17.6. The second-order valence-corrected chi connectivity index (χ2v) is 5.99. The van der Waals surface area contributed by atoms with Crippen molar-refractivity contribution in [3.05, 3.63) is 35.9 Å². The van der Waals surface area contributed by atoms with E-state index in [1.165, 1.54) is 5.56 Å². The first-order chi connectivity index (χ1) is 11.2. The zero-order valence-electron chi connectivity index (χ0n) is 13.2. The van der Waals surface area contributed by atoms with E-state index in [1.807, 2.05) is 35.2 Å². The molecule has 1 aromatic carbocycles. The Morgan fingerprint density at radius 1 is 1.22 bits per heavy atom. The van der Waals surface area contributed by atoms with E-state index in [9.17, 15) is 9.59 Å². The van der Waals surface area contributed by atoms with Gasteiger partial charge in [-0.1, -0.05) is 30.3 Å². The van der Waals surface area contributed by atoms with Crippen LogP contribution in [0.4, 0.5) is 4.79 Å². The Labute approximate surface area is 141 Å². The molecule has 23 heavy (non-hydrogen) atoms. The molecule has 0 bridgehead atoms. The molecule has 126 valence electrons. The predicted octanol–water partition coefficient (Wildman–Crippen LogP) is 2.58. The minimum atomic E-state index is -0.431. The number of rotatable bonds is 6. The number of carbonyl (C=O) groups is 2. The highest BCUT2D eigenvalue weighted by molar-refractivity contribution is 6.18. The number of halogens is 1. The fourth-order valence-corrected chi connectivity index (χ4v) is 2.74. The lowest BCUT2D eigenvalue weighted by Gasteiger charge is -2.32. The van der Waals surface area contributed by atoms with Gasteiger partial charge in [-0.3, -0.25) is 4.79 Å². The Kier molecular flexibility index (Phi) is 7.20. The van der Waals surface area contributed by atoms with E-state index in [-0.39, 0.29) is 18.6 Å². The third-order valence-corrected chi connectivity index (χ3v) is 4.10. The number of carbonyl (C=O) groups excluding carboxylic acids is 2. The Balaban J connectivity index is 1.67. The molecule has 1 aliphatic rings. The number of alkyl halides is 1. The number of piperidine rings is 1. The Morgan fingerprint density at radius 3 is 2.57 bits per heavy atom. The van der Waals surface area contributed by atoms with Gasteiger partial charge in [-0.15, -0.1) is 11.6 Å². The Bertz CT molecular complexity index is 502. The van der Waals surface area contributed by atoms with Crippen molar-refractivity contribution < 1.29 is 14.3 Å². The van der Waals surface area contributed by atoms with Crippen LogP contribution in [-0.4, -0.2) is 48.5 Å². The van der Waals surface area contributed by atoms with Crippen LogP contribution in [0.2, 0.25) is 0 Å². The highest BCUT2D eigenvalue weighted by atomic mass is 35.5. The van der Waals surface area contributed by atoms with Crippen LogP contribution in [0, 0.1) is 0 Å². The molecule has 1 N–H and O–H groups in total. The number of benzene rings is 1. The second kappa shape index (κ2) is 9.40. The number of amides is 2. The normalized spacial score (nSPS) is 15.3. The van der Waals surface area contributed by atoms with Gasteiger partial charge in [0.25, 0.3) is 0 Å². The summed E-state index contributed by atoms with van der Waals surface area (Å²) in [5, 5.41) is 2.81. The SMILES string of the molecule is O=C(NC1CCN(C(=O)CCc2ccccc2)CC1)OCCCl. The van der Waals surface area contributed by atoms with Crippen molar-refractivity contribution in [1.82, 2.24) is 10.2 Å². The predicted molar refractivity (Wildman–Crippen MR) is 89.6 cm³/mol. The highest BCUT2D eigenvalue weighted by Gasteiger charge is 2.23. The molecule has 0 unspecified atom stereocenters. The van der Waals surface area contributed by atoms with Gasteiger partial charge in [0, 0.05) is 25.6 Å². The largest absolute Gasteiger partial charge is 0.448 e. The van der Waals surface area contributed by atoms with Crippen LogP contribution in [0.25, 0.3) is 0 Å². The van der Waals surface area contributed by atoms with E-state index >= 15 is 0 Å². The van der Waals surface area contributed by atoms with Crippen LogP contribution in [0.3, 0.4) is 0 Å². The summed E-state index contributed by atoms with van der Waals surface area (Å²) in [6.45, 7) is 1.56. The number of alkyl carbamates (subject to hydrolysis) is 1. The summed E-state index contributed by atoms with van der Waals surface area (Å²) in [4.78, 5) is 25.6. The molecule has 1 saturated heterocycles. The van der Waals surface area contributed by atoms with E-state index in [0.29, 0.717) is 25.4 Å². The van der Waals surface area contributed by atoms with Gasteiger partial charge in [0.15, 0.2) is 0 Å². The summed E-state index contributed by atoms with van der Waals surface area (Å²) in [6.07, 6.45) is 2.38. The molecular weight excluding hydrogens is 316 g/mol. The van der Waals surface area contributed by atoms with Gasteiger partial charge < -0.3 is 15.0 Å². The van der Waals surface area contributed by atoms with E-state index in [2.05, 4.69) is 5.32 Å². The zero-order valence-corrected chi connectivity index (χ0v) is 13.9. The van der Waals surface area contributed by atoms with E-state index in [1.54, 1.807) is 0 Å². The van der Waals surface area contributed by atoms with Crippen molar-refractivity contribution in [2.24, 2.45) is 0 Å². The molecule has 1 aliphatic heterocycles. The summed E-state index contributed by atoms with van der Waals surface area (Å²) < 4.78 is 4.89. The molecule has 6 heteroatoms. The maximum Gasteiger partial charge on any atom is 0.407 e. The molecular formula is C17H23ClN2O3. The number of nitrogens with zero attached hydrogens (tertiary/aromatic N) is 1. The molecule has 0 saturated carbocycles. The van der Waals surface area contributed by atoms with Crippen molar-refractivity contribution in [3.8, 4) is 0 Å². The standard InChI is InChI=1S/C17H23ClN2O3/c18-10-13-23-17(22)19-15-8-11-20(12-9-15)16(21)7-6-14-4-2-1-3-5-14/h1-5,15H,6-13H2,(H,19,22). The Morgan fingerprint density at radius 2 is 1.91 bits per heavy atom. The van der Waals surface area contributed by atoms with Gasteiger partial charge in [0.1, 0.15) is 6.61 Å². The van der Waals surface area contributed by atoms with Crippen molar-refractivity contribution in [3.63, 3.8) is 0 Å². The fourth-order valence-electron chi connectivity index (χ4n) is 2.67. The molecule has 2 amide bonds. The summed E-state index contributed by atoms with van der Waals surface area (Å²) in [5.41, 5.74) is 1.18. The minimum Gasteiger partial charge on any atom is -0.448 e. The molecule has 1 heterocycles. The van der Waals surface area contributed by atoms with Crippen molar-refractivity contribution in [1.29, 1.82) is 0 Å². The van der Waals surface area contributed by atoms with E-state index in [4.69, 9.17) is 16.3 Å². The minimum absolute atomic E-state index is 0.0657. The molecule has 0 aromatic heterocycles. The lowest BCUT2D eigenvalue weighted by atomic mass is 10.0. The maximum absolute atomic E-state index is 12.2. The van der Waals surface area contributed by atoms with Crippen LogP contribution in [-0.2, 0) is 16.0 Å². The summed E-state index contributed by atoms with van der Waals surface area (Å²) in [5.74, 6) is 0.471. The number of nitrogens with one attached hydrogen (secondary N) is 1. The third kappa shape index (κ3) is 6.10. The van der Waals surface area contributed by atoms with Crippen LogP contribution >= 0.6 is 11.6 Å². The fraction of sp³-hybridized carbons (Fsp3) is 0.529. The van der Waals surface area contributed by atoms with Crippen molar-refractivity contribution in [2.75, 3.05) is 25.6 Å². The Hall–Kier alpha value is -1.75. The third-order valence-electron chi connectivity index (χ3n) is 3.95. The smallest absolute Gasteiger partial charge is 0.407 e. The van der Waals surface area contributed by atoms with Gasteiger partial charge in [-0.2, -0.15) is 0 Å². The van der Waals surface area contributed by atoms with Crippen molar-refractivity contribution in [2.45, 2.75) is 31.7 Å². The second-order valence-electron chi connectivity index (χ2n) is 5.61. The monoisotopic (exact) mass is 338 g/mol. The summed E-state index contributed by atoms with van der Waals surface area (Å²) >= 11 is 5.47. The van der Waals surface area contributed by atoms with Gasteiger partial charge in [-0.05, 0) is 24.8 Å². The molecule has 0 radical (unpaired) electrons. The lowest BCUT2D eigenvalue weighted by molar-refractivity contribution is -0.132. The number of likely N-dealkylation sites (tertiary alicyclic amines) is 1. The van der Waals surface area contributed by atoms with Crippen LogP contribution < -0.4 is 5.32 Å². The number of hydrogen-bond donors (Lipinski definition) is 1. The van der Waals surface area contributed by atoms with E-state index < -0.39 is 6.09 Å². The molecule has 0 atom stereocenters. The lowest BCUT2D eigenvalue weighted by Crippen LogP contribution is -2.46. The van der Waals surface area contributed by atoms with Gasteiger partial charge in [0.05, 0.1) is 5.88 Å². The molecule has 2 rings (SSSR count). The number of ether oxygens (including phenoxy) is 1. The van der Waals surface area contributed by atoms with Gasteiger partial charge >= 0.3 is 6.09 Å². The van der Waals surface area contributed by atoms with E-state index in [0.717, 1.165) is 19.3 Å². The average molecular weight is 339 g/mol. The molecule has 0 aliphatic carbocycles. The van der Waals surface area contributed by atoms with Gasteiger partial charge in [-0.25, -0.2) is 4.79 Å². The van der Waals surface area contributed by atoms with Gasteiger partial charge in [0.2, 0.25) is 5.91 Å². The van der Waals surface area contributed by atoms with Crippen LogP contribution in [0.5, 0.6) is 0 Å². The molecule has 5 nitrogen and oxygen atoms in total. The highest BCUT2D eigenvalue weighted by Crippen LogP contribution is 2.13. The number of aryl methyl sites for hydroxylation is 1. The maximum atomic E-state index is 12.2. The molecule has 0 spiro atoms. The first-order valence-electron chi connectivity index (χ1n) is 8.00. The molecule has 1 fully saturated rings. The van der Waals surface area contributed by atoms with Crippen LogP contribution in [0.1, 0.15) is 24.8 Å². The summed E-state index contributed by atoms with van der Waals surface area (Å²) in [7, 11) is 0. The first-order valence-corrected chi connectivity index (χ1v) is 8.53. The topological polar surface area (TPSA) is 58.6 Å². The quantitative estimate of drug-likeness (QED) is 0.811. The van der Waals surface area contributed by atoms with Crippen LogP contribution in [0.15, 0.2) is 30.3 Å².